The Morgan fingerprint density at radius 2 is 1.86 bits per heavy atom. The number of nitrogens with one attached hydrogen (secondary N) is 1. The van der Waals surface area contributed by atoms with Crippen molar-refractivity contribution in [3.63, 3.8) is 0 Å². The third-order valence-corrected chi connectivity index (χ3v) is 5.03. The minimum atomic E-state index is -0.319. The number of hydrogen-bond acceptors (Lipinski definition) is 5. The number of aromatic amines is 1. The fourth-order valence-corrected chi connectivity index (χ4v) is 3.19. The van der Waals surface area contributed by atoms with E-state index in [1.54, 1.807) is 6.20 Å². The maximum atomic E-state index is 11.9. The van der Waals surface area contributed by atoms with Crippen LogP contribution in [-0.2, 0) is 25.2 Å². The summed E-state index contributed by atoms with van der Waals surface area (Å²) in [5.74, 6) is 1.80. The van der Waals surface area contributed by atoms with Gasteiger partial charge in [0.1, 0.15) is 18.1 Å². The molecule has 0 radical (unpaired) electrons. The third kappa shape index (κ3) is 4.54. The summed E-state index contributed by atoms with van der Waals surface area (Å²) in [4.78, 5) is 26.0. The number of rotatable bonds is 8. The second-order valence-electron chi connectivity index (χ2n) is 6.80. The molecule has 1 aromatic carbocycles. The van der Waals surface area contributed by atoms with E-state index in [1.807, 2.05) is 50.3 Å². The smallest absolute Gasteiger partial charge is 0.152 e. The fourth-order valence-electron chi connectivity index (χ4n) is 3.19. The van der Waals surface area contributed by atoms with E-state index in [0.29, 0.717) is 6.54 Å². The van der Waals surface area contributed by atoms with E-state index >= 15 is 0 Å². The molecule has 0 saturated carbocycles. The van der Waals surface area contributed by atoms with E-state index in [-0.39, 0.29) is 26.5 Å². The van der Waals surface area contributed by atoms with Gasteiger partial charge in [0.25, 0.3) is 0 Å². The number of hydrogen-bond donors (Lipinski definition) is 1. The molecule has 2 aromatic heterocycles. The molecule has 6 nitrogen and oxygen atoms in total. The van der Waals surface area contributed by atoms with E-state index in [4.69, 9.17) is 0 Å². The molecule has 1 N–H and O–H groups in total. The van der Waals surface area contributed by atoms with Crippen molar-refractivity contribution in [3.8, 4) is 0 Å². The predicted molar refractivity (Wildman–Crippen MR) is 113 cm³/mol. The first-order valence-corrected chi connectivity index (χ1v) is 9.18. The summed E-state index contributed by atoms with van der Waals surface area (Å²) in [6.07, 6.45) is 2.76. The summed E-state index contributed by atoms with van der Waals surface area (Å²) in [6.45, 7) is 3.52. The third-order valence-electron chi connectivity index (χ3n) is 5.03. The molecule has 28 heavy (non-hydrogen) atoms. The van der Waals surface area contributed by atoms with Crippen LogP contribution in [0, 0.1) is 0 Å². The van der Waals surface area contributed by atoms with Crippen molar-refractivity contribution in [2.75, 3.05) is 48.9 Å². The Hall–Kier alpha value is -2.36. The van der Waals surface area contributed by atoms with Gasteiger partial charge in [-0.2, -0.15) is 0 Å². The molecule has 3 rings (SSSR count). The van der Waals surface area contributed by atoms with Crippen molar-refractivity contribution in [2.24, 2.45) is 0 Å². The predicted octanol–water partition coefficient (Wildman–Crippen LogP) is 3.16. The quantitative estimate of drug-likeness (QED) is 0.404. The molecule has 0 spiro atoms. The second-order valence-corrected chi connectivity index (χ2v) is 6.80. The zero-order chi connectivity index (χ0) is 19.4. The molecule has 152 valence electrons. The van der Waals surface area contributed by atoms with E-state index in [9.17, 15) is 4.79 Å². The van der Waals surface area contributed by atoms with Crippen molar-refractivity contribution in [2.45, 2.75) is 13.0 Å². The van der Waals surface area contributed by atoms with Gasteiger partial charge in [0.15, 0.2) is 5.82 Å². The maximum absolute atomic E-state index is 11.9. The summed E-state index contributed by atoms with van der Waals surface area (Å²) in [7, 11) is 5.95. The molecule has 0 aliphatic rings. The Morgan fingerprint density at radius 1 is 1.11 bits per heavy atom. The van der Waals surface area contributed by atoms with Gasteiger partial charge in [-0.05, 0) is 31.2 Å². The summed E-state index contributed by atoms with van der Waals surface area (Å²) in [5, 5.41) is 1.16. The summed E-state index contributed by atoms with van der Waals surface area (Å²) >= 11 is 0. The van der Waals surface area contributed by atoms with Crippen LogP contribution in [0.3, 0.4) is 0 Å². The molecule has 0 aliphatic heterocycles. The number of anilines is 3. The average Bonchev–Trinajstić information content (AvgIpc) is 3.15. The molecule has 7 heteroatoms. The van der Waals surface area contributed by atoms with E-state index in [0.717, 1.165) is 41.1 Å². The van der Waals surface area contributed by atoms with E-state index in [2.05, 4.69) is 44.9 Å². The molecule has 0 fully saturated rings. The Balaban J connectivity index is 0.00000280. The first-order valence-electron chi connectivity index (χ1n) is 9.18. The number of aldehydes is 1. The van der Waals surface area contributed by atoms with Crippen LogP contribution in [0.15, 0.2) is 48.7 Å². The SMILES string of the molecule is CCN(C)c1cccnc1N(C)C(C=O)CN(C)c1cc2ccccc2[nH]1.[Pd]. The van der Waals surface area contributed by atoms with Crippen molar-refractivity contribution < 1.29 is 25.2 Å². The Kier molecular flexibility index (Phi) is 7.62. The van der Waals surface area contributed by atoms with Gasteiger partial charge in [-0.1, -0.05) is 18.2 Å². The minimum absolute atomic E-state index is 0. The van der Waals surface area contributed by atoms with Gasteiger partial charge in [0, 0.05) is 71.8 Å². The number of para-hydroxylation sites is 1. The number of H-pyrrole nitrogens is 1. The van der Waals surface area contributed by atoms with Crippen LogP contribution >= 0.6 is 0 Å². The molecule has 1 unspecified atom stereocenters. The second kappa shape index (κ2) is 9.72. The van der Waals surface area contributed by atoms with Gasteiger partial charge in [-0.3, -0.25) is 0 Å². The minimum Gasteiger partial charge on any atom is -0.372 e. The van der Waals surface area contributed by atoms with Gasteiger partial charge in [-0.25, -0.2) is 4.98 Å². The molecule has 0 saturated heterocycles. The van der Waals surface area contributed by atoms with Crippen molar-refractivity contribution in [1.82, 2.24) is 9.97 Å². The first-order chi connectivity index (χ1) is 13.0. The van der Waals surface area contributed by atoms with Gasteiger partial charge in [0.2, 0.25) is 0 Å². The number of fused-ring (bicyclic) bond motifs is 1. The zero-order valence-electron chi connectivity index (χ0n) is 16.7. The number of pyridine rings is 1. The summed E-state index contributed by atoms with van der Waals surface area (Å²) < 4.78 is 0. The first kappa shape index (κ1) is 21.9. The number of nitrogens with zero attached hydrogens (tertiary/aromatic N) is 4. The number of aromatic nitrogens is 2. The molecule has 3 aromatic rings. The summed E-state index contributed by atoms with van der Waals surface area (Å²) in [5.41, 5.74) is 2.11. The van der Waals surface area contributed by atoms with Crippen LogP contribution in [-0.4, -0.2) is 56.5 Å². The van der Waals surface area contributed by atoms with Crippen LogP contribution in [0.5, 0.6) is 0 Å². The zero-order valence-corrected chi connectivity index (χ0v) is 18.3. The van der Waals surface area contributed by atoms with Gasteiger partial charge >= 0.3 is 0 Å². The molecule has 0 bridgehead atoms. The Morgan fingerprint density at radius 3 is 2.54 bits per heavy atom. The number of benzene rings is 1. The average molecular weight is 472 g/mol. The number of carbonyl (C=O) groups excluding carboxylic acids is 1. The normalized spacial score (nSPS) is 11.6. The Bertz CT molecular complexity index is 879. The topological polar surface area (TPSA) is 55.5 Å². The van der Waals surface area contributed by atoms with Crippen LogP contribution < -0.4 is 14.7 Å². The van der Waals surface area contributed by atoms with Crippen LogP contribution in [0.1, 0.15) is 6.92 Å². The monoisotopic (exact) mass is 471 g/mol. The molecular weight excluding hydrogens is 445 g/mol. The fraction of sp³-hybridized carbons (Fsp3) is 0.333. The van der Waals surface area contributed by atoms with Gasteiger partial charge in [-0.15, -0.1) is 0 Å². The van der Waals surface area contributed by atoms with E-state index < -0.39 is 0 Å². The van der Waals surface area contributed by atoms with Crippen molar-refractivity contribution in [3.05, 3.63) is 48.7 Å². The summed E-state index contributed by atoms with van der Waals surface area (Å²) in [6, 6.07) is 13.9. The Labute approximate surface area is 180 Å². The van der Waals surface area contributed by atoms with Crippen LogP contribution in [0.2, 0.25) is 0 Å². The van der Waals surface area contributed by atoms with Crippen molar-refractivity contribution >= 4 is 34.5 Å². The molecular formula is C21H27N5OPd. The van der Waals surface area contributed by atoms with Crippen molar-refractivity contribution in [1.29, 1.82) is 0 Å². The molecule has 0 amide bonds. The number of carbonyl (C=O) groups is 1. The maximum Gasteiger partial charge on any atom is 0.152 e. The molecule has 2 heterocycles. The molecule has 1 atom stereocenters. The largest absolute Gasteiger partial charge is 0.372 e. The van der Waals surface area contributed by atoms with E-state index in [1.165, 1.54) is 0 Å². The van der Waals surface area contributed by atoms with Gasteiger partial charge < -0.3 is 24.5 Å². The number of likely N-dealkylation sites (N-methyl/N-ethyl adjacent to an activating group) is 2. The van der Waals surface area contributed by atoms with Crippen LogP contribution in [0.25, 0.3) is 10.9 Å². The van der Waals surface area contributed by atoms with Gasteiger partial charge in [0.05, 0.1) is 5.69 Å². The molecule has 0 aliphatic carbocycles. The van der Waals surface area contributed by atoms with Crippen LogP contribution in [0.4, 0.5) is 17.3 Å². The standard InChI is InChI=1S/C21H27N5O.Pd/c1-5-24(2)19-11-8-12-22-21(19)26(4)17(15-27)14-25(3)20-13-16-9-6-7-10-18(16)23-20;/h6-13,15,17,23H,5,14H2,1-4H3;.